The molecule has 0 heterocycles. The molecule has 0 radical (unpaired) electrons. The number of Topliss-reactive ketones (excluding diaryl/α,β-unsaturated/α-hetero) is 4. The maximum Gasteiger partial charge on any atom is 0.219 e. The summed E-state index contributed by atoms with van der Waals surface area (Å²) >= 11 is 0. The Morgan fingerprint density at radius 2 is 0.394 bits per heavy atom. The first kappa shape index (κ1) is 70.0. The van der Waals surface area contributed by atoms with Gasteiger partial charge in [0.05, 0.1) is 0 Å². The molecule has 0 aliphatic carbocycles. The summed E-state index contributed by atoms with van der Waals surface area (Å²) in [6, 6.07) is 0. The van der Waals surface area contributed by atoms with Crippen LogP contribution in [0, 0.1) is 0 Å². The van der Waals surface area contributed by atoms with E-state index in [1.165, 1.54) is 116 Å². The number of rotatable bonds is 46. The molecule has 6 N–H and O–H groups in total. The molecular formula is C54H110N6O6. The molecule has 66 heavy (non-hydrogen) atoms. The van der Waals surface area contributed by atoms with Gasteiger partial charge in [-0.1, -0.05) is 103 Å². The Labute approximate surface area is 407 Å². The van der Waals surface area contributed by atoms with Gasteiger partial charge in [-0.05, 0) is 159 Å². The van der Waals surface area contributed by atoms with Crippen molar-refractivity contribution < 1.29 is 28.8 Å². The number of unbranched alkanes of at least 4 members (excludes halogenated alkanes) is 22. The molecule has 2 amide bonds. The van der Waals surface area contributed by atoms with Crippen LogP contribution in [0.5, 0.6) is 0 Å². The largest absolute Gasteiger partial charge is 0.356 e. The number of hydrogen-bond acceptors (Lipinski definition) is 10. The quantitative estimate of drug-likeness (QED) is 0.0322. The third-order valence-electron chi connectivity index (χ3n) is 11.1. The van der Waals surface area contributed by atoms with Crippen molar-refractivity contribution in [3.63, 3.8) is 0 Å². The van der Waals surface area contributed by atoms with Gasteiger partial charge in [0.15, 0.2) is 0 Å². The summed E-state index contributed by atoms with van der Waals surface area (Å²) in [5, 5.41) is 18.4. The van der Waals surface area contributed by atoms with Crippen molar-refractivity contribution in [1.82, 2.24) is 31.9 Å². The smallest absolute Gasteiger partial charge is 0.219 e. The minimum absolute atomic E-state index is 0.119. The highest BCUT2D eigenvalue weighted by Gasteiger charge is 2.03. The van der Waals surface area contributed by atoms with Crippen molar-refractivity contribution in [3.05, 3.63) is 0 Å². The SMILES string of the molecule is CNCCCCCC(C)=O.CNCCCCCCCCCCCC(C)=O.CNCCCCCCNC(=O)CCCCC(C)=O.CNCCCCCCNC(=O)CCCCCCCCC(C)=O. The number of amides is 2. The molecule has 0 fully saturated rings. The Hall–Kier alpha value is -2.54. The maximum atomic E-state index is 11.6. The number of hydrogen-bond donors (Lipinski definition) is 6. The minimum atomic E-state index is 0.119. The van der Waals surface area contributed by atoms with Crippen molar-refractivity contribution in [2.75, 3.05) is 67.5 Å². The monoisotopic (exact) mass is 939 g/mol. The van der Waals surface area contributed by atoms with Gasteiger partial charge in [-0.3, -0.25) is 9.59 Å². The Morgan fingerprint density at radius 1 is 0.227 bits per heavy atom. The number of ketones is 4. The molecule has 0 bridgehead atoms. The van der Waals surface area contributed by atoms with E-state index in [0.29, 0.717) is 36.6 Å². The van der Waals surface area contributed by atoms with Crippen LogP contribution >= 0.6 is 0 Å². The summed E-state index contributed by atoms with van der Waals surface area (Å²) in [4.78, 5) is 65.7. The van der Waals surface area contributed by atoms with Crippen LogP contribution in [0.15, 0.2) is 0 Å². The van der Waals surface area contributed by atoms with Crippen molar-refractivity contribution in [2.45, 2.75) is 246 Å². The molecule has 0 aliphatic rings. The molecule has 12 heteroatoms. The van der Waals surface area contributed by atoms with Crippen LogP contribution in [0.1, 0.15) is 246 Å². The lowest BCUT2D eigenvalue weighted by atomic mass is 10.1. The Kier molecular flexibility index (Phi) is 66.3. The number of nitrogens with one attached hydrogen (secondary N) is 6. The highest BCUT2D eigenvalue weighted by molar-refractivity contribution is 5.77. The number of carbonyl (C=O) groups is 6. The van der Waals surface area contributed by atoms with E-state index in [2.05, 4.69) is 31.9 Å². The molecule has 0 aromatic heterocycles. The predicted octanol–water partition coefficient (Wildman–Crippen LogP) is 10.7. The lowest BCUT2D eigenvalue weighted by Gasteiger charge is -2.05. The molecule has 0 atom stereocenters. The second kappa shape index (κ2) is 62.5. The zero-order valence-electron chi connectivity index (χ0n) is 44.7. The topological polar surface area (TPSA) is 175 Å². The lowest BCUT2D eigenvalue weighted by molar-refractivity contribution is -0.122. The molecule has 0 unspecified atom stereocenters. The van der Waals surface area contributed by atoms with E-state index >= 15 is 0 Å². The van der Waals surface area contributed by atoms with Gasteiger partial charge in [0, 0.05) is 51.6 Å². The third-order valence-corrected chi connectivity index (χ3v) is 11.1. The fraction of sp³-hybridized carbons (Fsp3) is 0.889. The van der Waals surface area contributed by atoms with Gasteiger partial charge in [0.25, 0.3) is 0 Å². The van der Waals surface area contributed by atoms with Crippen LogP contribution in [-0.2, 0) is 28.8 Å². The summed E-state index contributed by atoms with van der Waals surface area (Å²) in [5.74, 6) is 1.46. The van der Waals surface area contributed by atoms with Crippen LogP contribution in [0.4, 0.5) is 0 Å². The van der Waals surface area contributed by atoms with E-state index < -0.39 is 0 Å². The Morgan fingerprint density at radius 3 is 0.636 bits per heavy atom. The average molecular weight is 940 g/mol. The molecule has 0 saturated carbocycles. The molecule has 0 saturated heterocycles. The summed E-state index contributed by atoms with van der Waals surface area (Å²) in [6.07, 6.45) is 36.9. The first-order valence-electron chi connectivity index (χ1n) is 27.0. The van der Waals surface area contributed by atoms with Crippen LogP contribution in [0.25, 0.3) is 0 Å². The van der Waals surface area contributed by atoms with Crippen molar-refractivity contribution in [3.8, 4) is 0 Å². The van der Waals surface area contributed by atoms with Gasteiger partial charge in [-0.2, -0.15) is 0 Å². The molecule has 0 aliphatic heterocycles. The molecule has 0 aromatic rings. The molecule has 0 spiro atoms. The Balaban J connectivity index is -0.000000401. The summed E-state index contributed by atoms with van der Waals surface area (Å²) in [6.45, 7) is 12.6. The second-order valence-electron chi connectivity index (χ2n) is 18.3. The zero-order valence-corrected chi connectivity index (χ0v) is 44.7. The third kappa shape index (κ3) is 78.6. The van der Waals surface area contributed by atoms with E-state index in [1.54, 1.807) is 27.7 Å². The molecule has 0 aromatic carbocycles. The van der Waals surface area contributed by atoms with Crippen LogP contribution < -0.4 is 31.9 Å². The number of carbonyl (C=O) groups excluding carboxylic acids is 6. The highest BCUT2D eigenvalue weighted by atomic mass is 16.2. The standard InChI is InChI=1S/C18H36N2O2.C14H28N2O2.C14H29NO.C8H17NO/c1-17(21)13-9-5-3-4-6-10-14-18(22)20-16-12-8-7-11-15-19-2;1-13(17)9-5-6-10-14(18)16-12-8-4-3-7-11-15-2;1-14(16)12-10-8-6-4-3-5-7-9-11-13-15-2;1-8(10)6-4-3-5-7-9-2/h19H,3-16H2,1-2H3,(H,20,22);15H,3-12H2,1-2H3,(H,16,18);15H,3-13H2,1-2H3;9H,3-7H2,1-2H3. The van der Waals surface area contributed by atoms with Gasteiger partial charge in [-0.25, -0.2) is 0 Å². The van der Waals surface area contributed by atoms with E-state index in [9.17, 15) is 28.8 Å². The van der Waals surface area contributed by atoms with E-state index in [-0.39, 0.29) is 17.6 Å². The first-order valence-corrected chi connectivity index (χ1v) is 27.0. The van der Waals surface area contributed by atoms with Crippen molar-refractivity contribution in [1.29, 1.82) is 0 Å². The molecule has 392 valence electrons. The van der Waals surface area contributed by atoms with Crippen molar-refractivity contribution >= 4 is 34.9 Å². The van der Waals surface area contributed by atoms with Gasteiger partial charge in [0.2, 0.25) is 11.8 Å². The highest BCUT2D eigenvalue weighted by Crippen LogP contribution is 2.11. The van der Waals surface area contributed by atoms with Gasteiger partial charge >= 0.3 is 0 Å². The second-order valence-corrected chi connectivity index (χ2v) is 18.3. The van der Waals surface area contributed by atoms with Crippen LogP contribution in [0.3, 0.4) is 0 Å². The molecular weight excluding hydrogens is 829 g/mol. The fourth-order valence-corrected chi connectivity index (χ4v) is 6.98. The van der Waals surface area contributed by atoms with E-state index in [0.717, 1.165) is 123 Å². The minimum Gasteiger partial charge on any atom is -0.356 e. The van der Waals surface area contributed by atoms with Gasteiger partial charge < -0.3 is 51.1 Å². The van der Waals surface area contributed by atoms with E-state index in [4.69, 9.17) is 0 Å². The summed E-state index contributed by atoms with van der Waals surface area (Å²) in [7, 11) is 7.91. The first-order chi connectivity index (χ1) is 31.9. The van der Waals surface area contributed by atoms with Crippen LogP contribution in [-0.4, -0.2) is 102 Å². The zero-order chi connectivity index (χ0) is 50.0. The molecule has 12 nitrogen and oxygen atoms in total. The molecule has 0 rings (SSSR count). The summed E-state index contributed by atoms with van der Waals surface area (Å²) in [5.41, 5.74) is 0. The lowest BCUT2D eigenvalue weighted by Crippen LogP contribution is -2.24. The van der Waals surface area contributed by atoms with Gasteiger partial charge in [0.1, 0.15) is 23.1 Å². The van der Waals surface area contributed by atoms with Gasteiger partial charge in [-0.15, -0.1) is 0 Å². The summed E-state index contributed by atoms with van der Waals surface area (Å²) < 4.78 is 0. The normalized spacial score (nSPS) is 10.4. The Bertz CT molecular complexity index is 1080. The average Bonchev–Trinajstić information content (AvgIpc) is 3.27. The maximum absolute atomic E-state index is 11.6. The fourth-order valence-electron chi connectivity index (χ4n) is 6.98. The van der Waals surface area contributed by atoms with Crippen LogP contribution in [0.2, 0.25) is 0 Å². The predicted molar refractivity (Wildman–Crippen MR) is 281 cm³/mol. The van der Waals surface area contributed by atoms with Crippen molar-refractivity contribution in [2.24, 2.45) is 0 Å². The van der Waals surface area contributed by atoms with E-state index in [1.807, 2.05) is 28.2 Å².